The van der Waals surface area contributed by atoms with Crippen LogP contribution in [0.3, 0.4) is 0 Å². The maximum absolute atomic E-state index is 12.8. The third-order valence-corrected chi connectivity index (χ3v) is 7.40. The molecule has 1 atom stereocenters. The zero-order valence-electron chi connectivity index (χ0n) is 17.0. The number of benzene rings is 2. The Labute approximate surface area is 187 Å². The summed E-state index contributed by atoms with van der Waals surface area (Å²) in [4.78, 5) is 31.5. The first-order valence-corrected chi connectivity index (χ1v) is 12.6. The van der Waals surface area contributed by atoms with Gasteiger partial charge in [0.1, 0.15) is 13.2 Å². The van der Waals surface area contributed by atoms with Gasteiger partial charge in [0, 0.05) is 31.0 Å². The van der Waals surface area contributed by atoms with Crippen molar-refractivity contribution in [3.8, 4) is 11.5 Å². The van der Waals surface area contributed by atoms with Gasteiger partial charge in [-0.05, 0) is 30.3 Å². The van der Waals surface area contributed by atoms with Gasteiger partial charge in [0.05, 0.1) is 21.0 Å². The molecule has 11 heteroatoms. The Morgan fingerprint density at radius 3 is 2.72 bits per heavy atom. The Hall–Kier alpha value is -3.18. The van der Waals surface area contributed by atoms with Crippen LogP contribution >= 0.6 is 11.3 Å². The van der Waals surface area contributed by atoms with Gasteiger partial charge >= 0.3 is 0 Å². The number of fused-ring (bicyclic) bond motifs is 2. The van der Waals surface area contributed by atoms with E-state index in [-0.39, 0.29) is 29.7 Å². The summed E-state index contributed by atoms with van der Waals surface area (Å²) < 4.78 is 35.3. The summed E-state index contributed by atoms with van der Waals surface area (Å²) in [5.74, 6) is 0.229. The number of hydrogen-bond acceptors (Lipinski definition) is 8. The normalized spacial score (nSPS) is 18.2. The Bertz CT molecular complexity index is 1350. The van der Waals surface area contributed by atoms with Crippen molar-refractivity contribution < 1.29 is 27.5 Å². The molecule has 1 fully saturated rings. The zero-order valence-corrected chi connectivity index (χ0v) is 18.7. The molecule has 1 saturated heterocycles. The minimum atomic E-state index is -3.33. The van der Waals surface area contributed by atoms with Crippen LogP contribution in [0.2, 0.25) is 0 Å². The van der Waals surface area contributed by atoms with Crippen molar-refractivity contribution in [2.24, 2.45) is 5.92 Å². The van der Waals surface area contributed by atoms with Gasteiger partial charge in [-0.3, -0.25) is 9.59 Å². The molecule has 3 heterocycles. The second kappa shape index (κ2) is 7.75. The number of carbonyl (C=O) groups excluding carboxylic acids is 2. The van der Waals surface area contributed by atoms with Gasteiger partial charge in [0.15, 0.2) is 26.5 Å². The fraction of sp³-hybridized carbons (Fsp3) is 0.286. The number of thiazole rings is 1. The summed E-state index contributed by atoms with van der Waals surface area (Å²) in [5, 5.41) is 3.13. The highest BCUT2D eigenvalue weighted by Crippen LogP contribution is 2.36. The molecular weight excluding hydrogens is 454 g/mol. The van der Waals surface area contributed by atoms with Crippen LogP contribution in [0.1, 0.15) is 6.42 Å². The molecule has 1 aromatic heterocycles. The monoisotopic (exact) mass is 473 g/mol. The molecule has 1 unspecified atom stereocenters. The van der Waals surface area contributed by atoms with Crippen LogP contribution in [-0.2, 0) is 19.4 Å². The number of rotatable bonds is 4. The van der Waals surface area contributed by atoms with Gasteiger partial charge in [-0.1, -0.05) is 11.3 Å². The maximum atomic E-state index is 12.8. The van der Waals surface area contributed by atoms with Gasteiger partial charge in [0.25, 0.3) is 0 Å². The van der Waals surface area contributed by atoms with Crippen LogP contribution in [0.4, 0.5) is 10.8 Å². The first-order chi connectivity index (χ1) is 15.3. The molecule has 0 saturated carbocycles. The topological polar surface area (TPSA) is 115 Å². The number of nitrogens with zero attached hydrogens (tertiary/aromatic N) is 2. The molecule has 2 aliphatic heterocycles. The van der Waals surface area contributed by atoms with Crippen molar-refractivity contribution in [3.63, 3.8) is 0 Å². The van der Waals surface area contributed by atoms with E-state index in [1.54, 1.807) is 35.2 Å². The van der Waals surface area contributed by atoms with Crippen molar-refractivity contribution in [1.82, 2.24) is 4.98 Å². The highest BCUT2D eigenvalue weighted by atomic mass is 32.2. The number of carbonyl (C=O) groups is 2. The van der Waals surface area contributed by atoms with Gasteiger partial charge in [-0.2, -0.15) is 0 Å². The lowest BCUT2D eigenvalue weighted by Crippen LogP contribution is -2.28. The van der Waals surface area contributed by atoms with Crippen molar-refractivity contribution in [3.05, 3.63) is 36.4 Å². The fourth-order valence-corrected chi connectivity index (χ4v) is 5.36. The quantitative estimate of drug-likeness (QED) is 0.619. The van der Waals surface area contributed by atoms with Crippen LogP contribution < -0.4 is 19.7 Å². The molecule has 2 aromatic carbocycles. The highest BCUT2D eigenvalue weighted by molar-refractivity contribution is 7.90. The summed E-state index contributed by atoms with van der Waals surface area (Å²) in [7, 11) is -3.33. The third-order valence-electron chi connectivity index (χ3n) is 5.35. The molecule has 166 valence electrons. The largest absolute Gasteiger partial charge is 0.486 e. The Morgan fingerprint density at radius 1 is 1.16 bits per heavy atom. The van der Waals surface area contributed by atoms with Gasteiger partial charge < -0.3 is 19.7 Å². The van der Waals surface area contributed by atoms with Crippen molar-refractivity contribution in [2.45, 2.75) is 11.3 Å². The Balaban J connectivity index is 1.31. The molecule has 0 aliphatic carbocycles. The number of nitrogens with one attached hydrogen (secondary N) is 1. The van der Waals surface area contributed by atoms with Gasteiger partial charge in [-0.15, -0.1) is 0 Å². The second-order valence-corrected chi connectivity index (χ2v) is 10.7. The van der Waals surface area contributed by atoms with E-state index in [0.29, 0.717) is 45.7 Å². The summed E-state index contributed by atoms with van der Waals surface area (Å²) in [6, 6.07) is 9.93. The molecule has 0 radical (unpaired) electrons. The van der Waals surface area contributed by atoms with Gasteiger partial charge in [0.2, 0.25) is 11.8 Å². The minimum Gasteiger partial charge on any atom is -0.486 e. The second-order valence-electron chi connectivity index (χ2n) is 7.64. The summed E-state index contributed by atoms with van der Waals surface area (Å²) in [6.07, 6.45) is 1.23. The number of amides is 2. The van der Waals surface area contributed by atoms with Gasteiger partial charge in [-0.25, -0.2) is 13.4 Å². The van der Waals surface area contributed by atoms with Crippen LogP contribution in [0.15, 0.2) is 41.3 Å². The predicted molar refractivity (Wildman–Crippen MR) is 119 cm³/mol. The molecular formula is C21H19N3O6S2. The first-order valence-electron chi connectivity index (χ1n) is 9.89. The number of aromatic nitrogens is 1. The predicted octanol–water partition coefficient (Wildman–Crippen LogP) is 2.46. The molecule has 32 heavy (non-hydrogen) atoms. The van der Waals surface area contributed by atoms with E-state index in [0.717, 1.165) is 6.26 Å². The number of sulfone groups is 1. The lowest BCUT2D eigenvalue weighted by Gasteiger charge is -2.22. The van der Waals surface area contributed by atoms with E-state index >= 15 is 0 Å². The van der Waals surface area contributed by atoms with E-state index in [2.05, 4.69) is 10.3 Å². The first kappa shape index (κ1) is 20.7. The molecule has 2 amide bonds. The molecule has 1 N–H and O–H groups in total. The number of anilines is 2. The Kier molecular flexibility index (Phi) is 5.01. The number of ether oxygens (including phenoxy) is 2. The lowest BCUT2D eigenvalue weighted by atomic mass is 10.1. The molecule has 9 nitrogen and oxygen atoms in total. The highest BCUT2D eigenvalue weighted by Gasteiger charge is 2.36. The van der Waals surface area contributed by atoms with Crippen LogP contribution in [0.5, 0.6) is 11.5 Å². The lowest BCUT2D eigenvalue weighted by molar-refractivity contribution is -0.122. The van der Waals surface area contributed by atoms with E-state index in [4.69, 9.17) is 9.47 Å². The van der Waals surface area contributed by atoms with Crippen LogP contribution in [-0.4, -0.2) is 51.2 Å². The zero-order chi connectivity index (χ0) is 22.5. The van der Waals surface area contributed by atoms with E-state index < -0.39 is 15.8 Å². The van der Waals surface area contributed by atoms with Crippen LogP contribution in [0, 0.1) is 5.92 Å². The number of hydrogen-bond donors (Lipinski definition) is 1. The fourth-order valence-electron chi connectivity index (χ4n) is 3.73. The Morgan fingerprint density at radius 2 is 1.94 bits per heavy atom. The van der Waals surface area contributed by atoms with Crippen LogP contribution in [0.25, 0.3) is 10.2 Å². The molecule has 5 rings (SSSR count). The van der Waals surface area contributed by atoms with Crippen molar-refractivity contribution >= 4 is 54.0 Å². The summed E-state index contributed by atoms with van der Waals surface area (Å²) >= 11 is 1.19. The maximum Gasteiger partial charge on any atom is 0.231 e. The van der Waals surface area contributed by atoms with Crippen molar-refractivity contribution in [1.29, 1.82) is 0 Å². The average molecular weight is 474 g/mol. The van der Waals surface area contributed by atoms with E-state index in [1.807, 2.05) is 0 Å². The minimum absolute atomic E-state index is 0.0867. The molecule has 0 bridgehead atoms. The standard InChI is InChI=1S/C21H19N3O6S2/c1-32(27,28)14-3-4-15-18(10-14)31-21(22-15)23-20(26)12-8-19(25)24(11-12)13-2-5-16-17(9-13)30-7-6-29-16/h2-5,9-10,12H,6-8,11H2,1H3,(H,22,23,26). The molecule has 2 aliphatic rings. The summed E-state index contributed by atoms with van der Waals surface area (Å²) in [6.45, 7) is 1.18. The smallest absolute Gasteiger partial charge is 0.231 e. The molecule has 3 aromatic rings. The van der Waals surface area contributed by atoms with Crippen molar-refractivity contribution in [2.75, 3.05) is 36.2 Å². The summed E-state index contributed by atoms with van der Waals surface area (Å²) in [5.41, 5.74) is 1.25. The SMILES string of the molecule is CS(=O)(=O)c1ccc2nc(NC(=O)C3CC(=O)N(c4ccc5c(c4)OCCO5)C3)sc2c1. The van der Waals surface area contributed by atoms with E-state index in [1.165, 1.54) is 17.4 Å². The molecule has 0 spiro atoms. The van der Waals surface area contributed by atoms with E-state index in [9.17, 15) is 18.0 Å². The third kappa shape index (κ3) is 3.89. The average Bonchev–Trinajstić information content (AvgIpc) is 3.35.